The molecule has 7 nitrogen and oxygen atoms in total. The molecule has 0 saturated carbocycles. The quantitative estimate of drug-likeness (QED) is 0.548. The molecule has 1 aliphatic rings. The fraction of sp³-hybridized carbons (Fsp3) is 0.750. The molecule has 0 radical (unpaired) electrons. The fourth-order valence-corrected chi connectivity index (χ4v) is 1.95. The Morgan fingerprint density at radius 3 is 1.95 bits per heavy atom. The van der Waals surface area contributed by atoms with Crippen LogP contribution in [0.1, 0.15) is 34.1 Å². The van der Waals surface area contributed by atoms with Crippen molar-refractivity contribution in [1.82, 2.24) is 0 Å². The van der Waals surface area contributed by atoms with E-state index in [0.717, 1.165) is 0 Å². The van der Waals surface area contributed by atoms with Crippen molar-refractivity contribution in [3.05, 3.63) is 0 Å². The molecule has 1 heterocycles. The van der Waals surface area contributed by atoms with Crippen LogP contribution < -0.4 is 0 Å². The molecular weight excluding hydrogens is 256 g/mol. The summed E-state index contributed by atoms with van der Waals surface area (Å²) in [5, 5.41) is 0. The van der Waals surface area contributed by atoms with E-state index in [1.807, 2.05) is 0 Å². The molecule has 0 aromatic heterocycles. The van der Waals surface area contributed by atoms with Crippen LogP contribution in [0.4, 0.5) is 0 Å². The number of rotatable bonds is 3. The average molecular weight is 274 g/mol. The topological polar surface area (TPSA) is 88.1 Å². The Morgan fingerprint density at radius 2 is 1.47 bits per heavy atom. The zero-order valence-electron chi connectivity index (χ0n) is 11.4. The summed E-state index contributed by atoms with van der Waals surface area (Å²) in [5.74, 6) is -1.49. The minimum Gasteiger partial charge on any atom is -0.458 e. The van der Waals surface area contributed by atoms with E-state index in [4.69, 9.17) is 18.9 Å². The van der Waals surface area contributed by atoms with Crippen LogP contribution in [0.25, 0.3) is 0 Å². The summed E-state index contributed by atoms with van der Waals surface area (Å²) in [4.78, 5) is 33.0. The van der Waals surface area contributed by atoms with Crippen LogP contribution in [-0.4, -0.2) is 42.5 Å². The molecule has 1 fully saturated rings. The van der Waals surface area contributed by atoms with E-state index < -0.39 is 42.5 Å². The zero-order valence-corrected chi connectivity index (χ0v) is 11.4. The molecule has 4 atom stereocenters. The highest BCUT2D eigenvalue weighted by Crippen LogP contribution is 2.26. The molecule has 1 rings (SSSR count). The third kappa shape index (κ3) is 4.86. The van der Waals surface area contributed by atoms with Gasteiger partial charge in [0.1, 0.15) is 6.10 Å². The second-order valence-corrected chi connectivity index (χ2v) is 4.34. The van der Waals surface area contributed by atoms with Gasteiger partial charge < -0.3 is 18.9 Å². The van der Waals surface area contributed by atoms with Crippen molar-refractivity contribution < 1.29 is 33.3 Å². The predicted molar refractivity (Wildman–Crippen MR) is 61.8 cm³/mol. The Balaban J connectivity index is 2.77. The summed E-state index contributed by atoms with van der Waals surface area (Å²) in [6, 6.07) is 0. The number of hydrogen-bond donors (Lipinski definition) is 0. The fourth-order valence-electron chi connectivity index (χ4n) is 1.95. The maximum atomic E-state index is 11.1. The Kier molecular flexibility index (Phi) is 5.29. The van der Waals surface area contributed by atoms with Gasteiger partial charge in [0.2, 0.25) is 6.29 Å². The lowest BCUT2D eigenvalue weighted by Crippen LogP contribution is -2.51. The maximum absolute atomic E-state index is 11.1. The summed E-state index contributed by atoms with van der Waals surface area (Å²) in [7, 11) is 0. The first-order valence-electron chi connectivity index (χ1n) is 5.96. The zero-order chi connectivity index (χ0) is 14.6. The van der Waals surface area contributed by atoms with Gasteiger partial charge in [-0.25, -0.2) is 0 Å². The van der Waals surface area contributed by atoms with Crippen molar-refractivity contribution in [3.8, 4) is 0 Å². The molecule has 7 heteroatoms. The molecule has 0 N–H and O–H groups in total. The lowest BCUT2D eigenvalue weighted by molar-refractivity contribution is -0.250. The van der Waals surface area contributed by atoms with Crippen molar-refractivity contribution in [2.45, 2.75) is 58.7 Å². The van der Waals surface area contributed by atoms with Gasteiger partial charge in [0.05, 0.1) is 12.5 Å². The van der Waals surface area contributed by atoms with E-state index in [0.29, 0.717) is 0 Å². The number of carbonyl (C=O) groups excluding carboxylic acids is 3. The molecule has 1 saturated heterocycles. The second-order valence-electron chi connectivity index (χ2n) is 4.34. The van der Waals surface area contributed by atoms with Crippen LogP contribution in [0, 0.1) is 0 Å². The van der Waals surface area contributed by atoms with E-state index in [2.05, 4.69) is 0 Å². The van der Waals surface area contributed by atoms with Gasteiger partial charge in [-0.1, -0.05) is 0 Å². The average Bonchev–Trinajstić information content (AvgIpc) is 2.21. The van der Waals surface area contributed by atoms with E-state index in [-0.39, 0.29) is 6.42 Å². The molecule has 19 heavy (non-hydrogen) atoms. The van der Waals surface area contributed by atoms with Crippen LogP contribution in [-0.2, 0) is 33.3 Å². The van der Waals surface area contributed by atoms with Crippen molar-refractivity contribution in [2.75, 3.05) is 0 Å². The van der Waals surface area contributed by atoms with Crippen molar-refractivity contribution >= 4 is 17.9 Å². The highest BCUT2D eigenvalue weighted by Gasteiger charge is 2.42. The molecule has 0 bridgehead atoms. The monoisotopic (exact) mass is 274 g/mol. The second kappa shape index (κ2) is 6.51. The Labute approximate surface area is 111 Å². The van der Waals surface area contributed by atoms with E-state index in [9.17, 15) is 14.4 Å². The first-order chi connectivity index (χ1) is 8.79. The number of esters is 3. The van der Waals surface area contributed by atoms with Gasteiger partial charge in [0.25, 0.3) is 0 Å². The molecule has 0 amide bonds. The van der Waals surface area contributed by atoms with E-state index in [1.165, 1.54) is 20.8 Å². The van der Waals surface area contributed by atoms with Gasteiger partial charge in [-0.05, 0) is 6.92 Å². The molecule has 1 unspecified atom stereocenters. The van der Waals surface area contributed by atoms with Gasteiger partial charge >= 0.3 is 17.9 Å². The maximum Gasteiger partial charge on any atom is 0.304 e. The third-order valence-electron chi connectivity index (χ3n) is 2.54. The van der Waals surface area contributed by atoms with Crippen LogP contribution in [0.15, 0.2) is 0 Å². The van der Waals surface area contributed by atoms with Crippen molar-refractivity contribution in [2.24, 2.45) is 0 Å². The van der Waals surface area contributed by atoms with Gasteiger partial charge in [-0.3, -0.25) is 14.4 Å². The molecule has 0 spiro atoms. The summed E-state index contributed by atoms with van der Waals surface area (Å²) < 4.78 is 20.5. The normalized spacial score (nSPS) is 30.3. The summed E-state index contributed by atoms with van der Waals surface area (Å²) in [6.07, 6.45) is -2.65. The molecular formula is C12H18O7. The summed E-state index contributed by atoms with van der Waals surface area (Å²) in [6.45, 7) is 5.42. The van der Waals surface area contributed by atoms with Crippen molar-refractivity contribution in [1.29, 1.82) is 0 Å². The molecule has 0 aromatic carbocycles. The van der Waals surface area contributed by atoms with Crippen LogP contribution in [0.5, 0.6) is 0 Å². The van der Waals surface area contributed by atoms with Crippen LogP contribution in [0.3, 0.4) is 0 Å². The smallest absolute Gasteiger partial charge is 0.304 e. The van der Waals surface area contributed by atoms with Gasteiger partial charge in [0, 0.05) is 20.8 Å². The first-order valence-corrected chi connectivity index (χ1v) is 5.96. The van der Waals surface area contributed by atoms with E-state index in [1.54, 1.807) is 6.92 Å². The SMILES string of the molecule is CC(=O)OC1C[C@@H](OC(C)=O)[C@@H](OC(C)=O)[C@@H](C)O1. The lowest BCUT2D eigenvalue weighted by atomic mass is 10.0. The highest BCUT2D eigenvalue weighted by atomic mass is 16.7. The summed E-state index contributed by atoms with van der Waals surface area (Å²) >= 11 is 0. The van der Waals surface area contributed by atoms with Gasteiger partial charge in [-0.15, -0.1) is 0 Å². The Morgan fingerprint density at radius 1 is 0.947 bits per heavy atom. The number of carbonyl (C=O) groups is 3. The number of hydrogen-bond acceptors (Lipinski definition) is 7. The Bertz CT molecular complexity index is 365. The lowest BCUT2D eigenvalue weighted by Gasteiger charge is -2.38. The third-order valence-corrected chi connectivity index (χ3v) is 2.54. The predicted octanol–water partition coefficient (Wildman–Crippen LogP) is 0.548. The van der Waals surface area contributed by atoms with Gasteiger partial charge in [0.15, 0.2) is 6.10 Å². The molecule has 1 aliphatic heterocycles. The number of ether oxygens (including phenoxy) is 4. The Hall–Kier alpha value is -1.63. The minimum atomic E-state index is -0.816. The highest BCUT2D eigenvalue weighted by molar-refractivity contribution is 5.67. The van der Waals surface area contributed by atoms with Crippen molar-refractivity contribution in [3.63, 3.8) is 0 Å². The van der Waals surface area contributed by atoms with Crippen LogP contribution in [0.2, 0.25) is 0 Å². The largest absolute Gasteiger partial charge is 0.458 e. The first kappa shape index (κ1) is 15.4. The van der Waals surface area contributed by atoms with Crippen LogP contribution >= 0.6 is 0 Å². The van der Waals surface area contributed by atoms with Gasteiger partial charge in [-0.2, -0.15) is 0 Å². The minimum absolute atomic E-state index is 0.126. The molecule has 108 valence electrons. The van der Waals surface area contributed by atoms with E-state index >= 15 is 0 Å². The molecule has 0 aliphatic carbocycles. The standard InChI is InChI=1S/C12H18O7/c1-6-12(19-9(4)15)10(17-7(2)13)5-11(16-6)18-8(3)14/h6,10-12H,5H2,1-4H3/t6-,10-,11?,12+/m1/s1. The molecule has 0 aromatic rings. The summed E-state index contributed by atoms with van der Waals surface area (Å²) in [5.41, 5.74) is 0.